The molecule has 0 fully saturated rings. The van der Waals surface area contributed by atoms with Crippen LogP contribution in [0.1, 0.15) is 28.4 Å². The SMILES string of the molecule is CCc1cc(Br)cc(C)c1NC(=O)c1cc(OC)c(OC)c(OC)c1. The van der Waals surface area contributed by atoms with Crippen molar-refractivity contribution in [3.63, 3.8) is 0 Å². The summed E-state index contributed by atoms with van der Waals surface area (Å²) in [6, 6.07) is 7.26. The van der Waals surface area contributed by atoms with E-state index in [1.54, 1.807) is 12.1 Å². The molecule has 0 radical (unpaired) electrons. The molecule has 25 heavy (non-hydrogen) atoms. The number of nitrogens with one attached hydrogen (secondary N) is 1. The monoisotopic (exact) mass is 407 g/mol. The Kier molecular flexibility index (Phi) is 6.31. The molecule has 5 nitrogen and oxygen atoms in total. The lowest BCUT2D eigenvalue weighted by molar-refractivity contribution is 0.102. The lowest BCUT2D eigenvalue weighted by atomic mass is 10.0. The second kappa shape index (κ2) is 8.25. The van der Waals surface area contributed by atoms with E-state index >= 15 is 0 Å². The van der Waals surface area contributed by atoms with Crippen LogP contribution in [0.3, 0.4) is 0 Å². The summed E-state index contributed by atoms with van der Waals surface area (Å²) >= 11 is 3.49. The number of aryl methyl sites for hydroxylation is 2. The topological polar surface area (TPSA) is 56.8 Å². The van der Waals surface area contributed by atoms with Crippen LogP contribution in [-0.4, -0.2) is 27.2 Å². The summed E-state index contributed by atoms with van der Waals surface area (Å²) in [6.07, 6.45) is 0.811. The molecule has 1 amide bonds. The number of carbonyl (C=O) groups is 1. The number of carbonyl (C=O) groups excluding carboxylic acids is 1. The van der Waals surface area contributed by atoms with Crippen molar-refractivity contribution in [3.8, 4) is 17.2 Å². The molecule has 2 rings (SSSR count). The molecule has 0 saturated carbocycles. The van der Waals surface area contributed by atoms with E-state index in [-0.39, 0.29) is 5.91 Å². The van der Waals surface area contributed by atoms with Gasteiger partial charge < -0.3 is 19.5 Å². The predicted octanol–water partition coefficient (Wildman–Crippen LogP) is 4.60. The summed E-state index contributed by atoms with van der Waals surface area (Å²) in [7, 11) is 4.57. The molecule has 2 aromatic rings. The van der Waals surface area contributed by atoms with Gasteiger partial charge in [-0.1, -0.05) is 22.9 Å². The molecule has 0 unspecified atom stereocenters. The van der Waals surface area contributed by atoms with E-state index in [9.17, 15) is 4.79 Å². The number of ether oxygens (including phenoxy) is 3. The molecule has 0 heterocycles. The lowest BCUT2D eigenvalue weighted by Gasteiger charge is -2.16. The van der Waals surface area contributed by atoms with Crippen LogP contribution in [0.15, 0.2) is 28.7 Å². The third kappa shape index (κ3) is 4.07. The summed E-state index contributed by atoms with van der Waals surface area (Å²) < 4.78 is 16.9. The predicted molar refractivity (Wildman–Crippen MR) is 102 cm³/mol. The Hall–Kier alpha value is -2.21. The second-order valence-corrected chi connectivity index (χ2v) is 6.39. The van der Waals surface area contributed by atoms with Crippen LogP contribution in [0, 0.1) is 6.92 Å². The first-order valence-electron chi connectivity index (χ1n) is 7.85. The van der Waals surface area contributed by atoms with Crippen LogP contribution in [-0.2, 0) is 6.42 Å². The number of rotatable bonds is 6. The van der Waals surface area contributed by atoms with Crippen LogP contribution in [0.5, 0.6) is 17.2 Å². The second-order valence-electron chi connectivity index (χ2n) is 5.48. The van der Waals surface area contributed by atoms with Crippen molar-refractivity contribution in [2.75, 3.05) is 26.6 Å². The highest BCUT2D eigenvalue weighted by Gasteiger charge is 2.18. The third-order valence-electron chi connectivity index (χ3n) is 3.93. The fourth-order valence-corrected chi connectivity index (χ4v) is 3.29. The molecular formula is C19H22BrNO4. The smallest absolute Gasteiger partial charge is 0.255 e. The zero-order valence-electron chi connectivity index (χ0n) is 15.0. The van der Waals surface area contributed by atoms with Crippen molar-refractivity contribution in [2.24, 2.45) is 0 Å². The number of halogens is 1. The Labute approximate surface area is 156 Å². The van der Waals surface area contributed by atoms with E-state index < -0.39 is 0 Å². The highest BCUT2D eigenvalue weighted by atomic mass is 79.9. The minimum absolute atomic E-state index is 0.237. The lowest BCUT2D eigenvalue weighted by Crippen LogP contribution is -2.15. The van der Waals surface area contributed by atoms with E-state index in [0.717, 1.165) is 27.7 Å². The van der Waals surface area contributed by atoms with Gasteiger partial charge >= 0.3 is 0 Å². The molecule has 0 saturated heterocycles. The molecule has 6 heteroatoms. The molecule has 0 atom stereocenters. The first kappa shape index (κ1) is 19.1. The van der Waals surface area contributed by atoms with Crippen molar-refractivity contribution in [2.45, 2.75) is 20.3 Å². The molecule has 0 aromatic heterocycles. The molecule has 1 N–H and O–H groups in total. The number of anilines is 1. The van der Waals surface area contributed by atoms with Gasteiger partial charge in [-0.15, -0.1) is 0 Å². The molecule has 2 aromatic carbocycles. The highest BCUT2D eigenvalue weighted by molar-refractivity contribution is 9.10. The number of amides is 1. The van der Waals surface area contributed by atoms with Gasteiger partial charge in [0.2, 0.25) is 5.75 Å². The molecule has 134 valence electrons. The molecular weight excluding hydrogens is 386 g/mol. The average Bonchev–Trinajstić information content (AvgIpc) is 2.61. The van der Waals surface area contributed by atoms with Crippen molar-refractivity contribution < 1.29 is 19.0 Å². The average molecular weight is 408 g/mol. The molecule has 0 spiro atoms. The first-order chi connectivity index (χ1) is 11.9. The van der Waals surface area contributed by atoms with Crippen LogP contribution in [0.2, 0.25) is 0 Å². The van der Waals surface area contributed by atoms with E-state index in [0.29, 0.717) is 22.8 Å². The van der Waals surface area contributed by atoms with E-state index in [4.69, 9.17) is 14.2 Å². The van der Waals surface area contributed by atoms with Gasteiger partial charge in [-0.2, -0.15) is 0 Å². The molecule has 0 aliphatic heterocycles. The summed E-state index contributed by atoms with van der Waals surface area (Å²) in [6.45, 7) is 4.02. The maximum Gasteiger partial charge on any atom is 0.255 e. The van der Waals surface area contributed by atoms with E-state index in [1.165, 1.54) is 21.3 Å². The van der Waals surface area contributed by atoms with Gasteiger partial charge in [0.05, 0.1) is 21.3 Å². The maximum absolute atomic E-state index is 12.8. The summed E-state index contributed by atoms with van der Waals surface area (Å²) in [5.41, 5.74) is 3.31. The largest absolute Gasteiger partial charge is 0.493 e. The summed E-state index contributed by atoms with van der Waals surface area (Å²) in [5.74, 6) is 1.10. The first-order valence-corrected chi connectivity index (χ1v) is 8.64. The van der Waals surface area contributed by atoms with Crippen molar-refractivity contribution in [1.82, 2.24) is 0 Å². The Morgan fingerprint density at radius 1 is 1.04 bits per heavy atom. The zero-order chi connectivity index (χ0) is 18.6. The van der Waals surface area contributed by atoms with Gasteiger partial charge in [0.15, 0.2) is 11.5 Å². The number of hydrogen-bond donors (Lipinski definition) is 1. The molecule has 0 aliphatic carbocycles. The standard InChI is InChI=1S/C19H22BrNO4/c1-6-12-8-14(20)7-11(2)17(12)21-19(22)13-9-15(23-3)18(25-5)16(10-13)24-4/h7-10H,6H2,1-5H3,(H,21,22). The Bertz CT molecular complexity index is 764. The van der Waals surface area contributed by atoms with E-state index in [2.05, 4.69) is 28.2 Å². The van der Waals surface area contributed by atoms with Gasteiger partial charge in [-0.05, 0) is 48.7 Å². The van der Waals surface area contributed by atoms with Crippen LogP contribution in [0.25, 0.3) is 0 Å². The highest BCUT2D eigenvalue weighted by Crippen LogP contribution is 2.38. The van der Waals surface area contributed by atoms with Gasteiger partial charge in [-0.25, -0.2) is 0 Å². The normalized spacial score (nSPS) is 10.3. The number of hydrogen-bond acceptors (Lipinski definition) is 4. The summed E-state index contributed by atoms with van der Waals surface area (Å²) in [5, 5.41) is 3.00. The Morgan fingerprint density at radius 3 is 2.12 bits per heavy atom. The van der Waals surface area contributed by atoms with Crippen molar-refractivity contribution in [3.05, 3.63) is 45.4 Å². The minimum Gasteiger partial charge on any atom is -0.493 e. The molecule has 0 aliphatic rings. The number of methoxy groups -OCH3 is 3. The fraction of sp³-hybridized carbons (Fsp3) is 0.316. The molecule has 0 bridgehead atoms. The van der Waals surface area contributed by atoms with Crippen LogP contribution >= 0.6 is 15.9 Å². The van der Waals surface area contributed by atoms with Gasteiger partial charge in [0, 0.05) is 15.7 Å². The van der Waals surface area contributed by atoms with E-state index in [1.807, 2.05) is 19.1 Å². The quantitative estimate of drug-likeness (QED) is 0.759. The number of benzene rings is 2. The van der Waals surface area contributed by atoms with Crippen LogP contribution < -0.4 is 19.5 Å². The fourth-order valence-electron chi connectivity index (χ4n) is 2.67. The van der Waals surface area contributed by atoms with Crippen molar-refractivity contribution >= 4 is 27.5 Å². The van der Waals surface area contributed by atoms with Crippen LogP contribution in [0.4, 0.5) is 5.69 Å². The zero-order valence-corrected chi connectivity index (χ0v) is 16.6. The van der Waals surface area contributed by atoms with Gasteiger partial charge in [0.1, 0.15) is 0 Å². The maximum atomic E-state index is 12.8. The third-order valence-corrected chi connectivity index (χ3v) is 4.39. The minimum atomic E-state index is -0.237. The van der Waals surface area contributed by atoms with Gasteiger partial charge in [-0.3, -0.25) is 4.79 Å². The Balaban J connectivity index is 2.43. The van der Waals surface area contributed by atoms with Gasteiger partial charge in [0.25, 0.3) is 5.91 Å². The Morgan fingerprint density at radius 2 is 1.64 bits per heavy atom. The summed E-state index contributed by atoms with van der Waals surface area (Å²) in [4.78, 5) is 12.8. The van der Waals surface area contributed by atoms with Crippen molar-refractivity contribution in [1.29, 1.82) is 0 Å².